The van der Waals surface area contributed by atoms with Gasteiger partial charge in [0.1, 0.15) is 11.4 Å². The number of H-pyrrole nitrogens is 1. The average molecular weight is 465 g/mol. The summed E-state index contributed by atoms with van der Waals surface area (Å²) in [5, 5.41) is 2.82. The molecule has 0 saturated heterocycles. The van der Waals surface area contributed by atoms with Crippen LogP contribution in [0.4, 0.5) is 24.5 Å². The standard InChI is InChI=1S/C20H18F3N5O3S/c1-32(30,31)19-25-10-16(27-19)18(29)28-8-7-14-12(11-28)3-2-4-15(14)26-13-5-6-17(24-9-13)20(21,22)23/h2-6,9-10,26H,7-8,11H2,1H3,(H,25,27). The number of carbonyl (C=O) groups is 1. The number of fused-ring (bicyclic) bond motifs is 1. The van der Waals surface area contributed by atoms with Gasteiger partial charge in [-0.1, -0.05) is 12.1 Å². The Morgan fingerprint density at radius 3 is 2.62 bits per heavy atom. The first-order valence-electron chi connectivity index (χ1n) is 9.48. The van der Waals surface area contributed by atoms with Crippen LogP contribution in [-0.4, -0.2) is 47.0 Å². The van der Waals surface area contributed by atoms with Crippen LogP contribution in [0.1, 0.15) is 27.3 Å². The lowest BCUT2D eigenvalue weighted by Gasteiger charge is -2.30. The first kappa shape index (κ1) is 21.8. The van der Waals surface area contributed by atoms with Crippen LogP contribution in [0, 0.1) is 0 Å². The largest absolute Gasteiger partial charge is 0.433 e. The second kappa shape index (κ2) is 7.93. The van der Waals surface area contributed by atoms with Crippen molar-refractivity contribution < 1.29 is 26.4 Å². The van der Waals surface area contributed by atoms with E-state index in [0.717, 1.165) is 35.3 Å². The molecule has 0 unspecified atom stereocenters. The minimum absolute atomic E-state index is 0.0129. The maximum absolute atomic E-state index is 12.8. The van der Waals surface area contributed by atoms with Gasteiger partial charge in [0.15, 0.2) is 0 Å². The number of pyridine rings is 1. The Morgan fingerprint density at radius 1 is 1.22 bits per heavy atom. The molecular weight excluding hydrogens is 447 g/mol. The Labute approximate surface area is 181 Å². The summed E-state index contributed by atoms with van der Waals surface area (Å²) in [5.41, 5.74) is 1.98. The van der Waals surface area contributed by atoms with Crippen LogP contribution in [-0.2, 0) is 29.0 Å². The lowest BCUT2D eigenvalue weighted by molar-refractivity contribution is -0.141. The predicted molar refractivity (Wildman–Crippen MR) is 109 cm³/mol. The number of rotatable bonds is 4. The minimum Gasteiger partial charge on any atom is -0.354 e. The van der Waals surface area contributed by atoms with Crippen LogP contribution in [0.25, 0.3) is 0 Å². The van der Waals surface area contributed by atoms with Crippen molar-refractivity contribution in [2.75, 3.05) is 18.1 Å². The summed E-state index contributed by atoms with van der Waals surface area (Å²) in [6, 6.07) is 7.66. The average Bonchev–Trinajstić information content (AvgIpc) is 3.24. The van der Waals surface area contributed by atoms with Gasteiger partial charge >= 0.3 is 6.18 Å². The van der Waals surface area contributed by atoms with Crippen molar-refractivity contribution in [3.8, 4) is 0 Å². The molecular formula is C20H18F3N5O3S. The normalized spacial score (nSPS) is 14.2. The molecule has 0 aliphatic carbocycles. The molecule has 0 saturated carbocycles. The number of amides is 1. The smallest absolute Gasteiger partial charge is 0.354 e. The van der Waals surface area contributed by atoms with Gasteiger partial charge in [0.05, 0.1) is 11.9 Å². The molecule has 12 heteroatoms. The Kier molecular flexibility index (Phi) is 5.41. The van der Waals surface area contributed by atoms with Gasteiger partial charge in [0.25, 0.3) is 5.91 Å². The second-order valence-electron chi connectivity index (χ2n) is 7.34. The van der Waals surface area contributed by atoms with Crippen LogP contribution in [0.3, 0.4) is 0 Å². The number of imidazole rings is 1. The summed E-state index contributed by atoms with van der Waals surface area (Å²) in [5.74, 6) is -0.396. The van der Waals surface area contributed by atoms with Gasteiger partial charge in [-0.25, -0.2) is 18.4 Å². The molecule has 1 aromatic carbocycles. The molecule has 0 fully saturated rings. The van der Waals surface area contributed by atoms with Gasteiger partial charge in [0.2, 0.25) is 15.0 Å². The molecule has 4 rings (SSSR count). The Balaban J connectivity index is 1.51. The molecule has 8 nitrogen and oxygen atoms in total. The monoisotopic (exact) mass is 465 g/mol. The van der Waals surface area contributed by atoms with E-state index in [4.69, 9.17) is 0 Å². The highest BCUT2D eigenvalue weighted by molar-refractivity contribution is 7.90. The van der Waals surface area contributed by atoms with Crippen molar-refractivity contribution in [1.82, 2.24) is 19.9 Å². The number of hydrogen-bond acceptors (Lipinski definition) is 6. The zero-order valence-electron chi connectivity index (χ0n) is 16.8. The van der Waals surface area contributed by atoms with Crippen LogP contribution >= 0.6 is 0 Å². The number of sulfone groups is 1. The second-order valence-corrected chi connectivity index (χ2v) is 9.27. The number of aromatic amines is 1. The summed E-state index contributed by atoms with van der Waals surface area (Å²) >= 11 is 0. The highest BCUT2D eigenvalue weighted by Crippen LogP contribution is 2.31. The zero-order chi connectivity index (χ0) is 23.1. The highest BCUT2D eigenvalue weighted by Gasteiger charge is 2.32. The number of halogens is 3. The van der Waals surface area contributed by atoms with Crippen molar-refractivity contribution in [3.05, 3.63) is 65.2 Å². The fraction of sp³-hybridized carbons (Fsp3) is 0.250. The van der Waals surface area contributed by atoms with E-state index in [1.54, 1.807) is 17.0 Å². The van der Waals surface area contributed by atoms with E-state index in [1.807, 2.05) is 6.07 Å². The lowest BCUT2D eigenvalue weighted by atomic mass is 9.97. The van der Waals surface area contributed by atoms with Crippen molar-refractivity contribution in [2.24, 2.45) is 0 Å². The summed E-state index contributed by atoms with van der Waals surface area (Å²) < 4.78 is 61.3. The van der Waals surface area contributed by atoms with Gasteiger partial charge in [-0.2, -0.15) is 13.2 Å². The fourth-order valence-corrected chi connectivity index (χ4v) is 3.99. The zero-order valence-corrected chi connectivity index (χ0v) is 17.6. The lowest BCUT2D eigenvalue weighted by Crippen LogP contribution is -2.36. The van der Waals surface area contributed by atoms with Gasteiger partial charge in [-0.3, -0.25) is 4.79 Å². The summed E-state index contributed by atoms with van der Waals surface area (Å²) in [6.45, 7) is 0.660. The SMILES string of the molecule is CS(=O)(=O)c1nc(C(=O)N2CCc3c(cccc3Nc3ccc(C(F)(F)F)nc3)C2)c[nH]1. The summed E-state index contributed by atoms with van der Waals surface area (Å²) in [7, 11) is -3.55. The van der Waals surface area contributed by atoms with Gasteiger partial charge in [0, 0.05) is 31.2 Å². The molecule has 1 aliphatic heterocycles. The molecule has 2 aromatic heterocycles. The number of benzene rings is 1. The first-order chi connectivity index (χ1) is 15.0. The minimum atomic E-state index is -4.50. The van der Waals surface area contributed by atoms with E-state index < -0.39 is 27.6 Å². The van der Waals surface area contributed by atoms with Gasteiger partial charge in [-0.05, 0) is 35.7 Å². The number of carbonyl (C=O) groups excluding carboxylic acids is 1. The van der Waals surface area contributed by atoms with Crippen molar-refractivity contribution in [3.63, 3.8) is 0 Å². The first-order valence-corrected chi connectivity index (χ1v) is 11.4. The quantitative estimate of drug-likeness (QED) is 0.613. The molecule has 2 N–H and O–H groups in total. The van der Waals surface area contributed by atoms with Crippen LogP contribution in [0.15, 0.2) is 47.9 Å². The van der Waals surface area contributed by atoms with E-state index in [0.29, 0.717) is 18.7 Å². The van der Waals surface area contributed by atoms with Crippen LogP contribution in [0.5, 0.6) is 0 Å². The number of aromatic nitrogens is 3. The molecule has 32 heavy (non-hydrogen) atoms. The molecule has 0 atom stereocenters. The van der Waals surface area contributed by atoms with Crippen molar-refractivity contribution in [2.45, 2.75) is 24.3 Å². The van der Waals surface area contributed by atoms with E-state index in [2.05, 4.69) is 20.3 Å². The molecule has 0 spiro atoms. The third-order valence-electron chi connectivity index (χ3n) is 5.01. The maximum Gasteiger partial charge on any atom is 0.433 e. The number of nitrogens with one attached hydrogen (secondary N) is 2. The number of anilines is 2. The van der Waals surface area contributed by atoms with E-state index >= 15 is 0 Å². The predicted octanol–water partition coefficient (Wildman–Crippen LogP) is 3.17. The van der Waals surface area contributed by atoms with Gasteiger partial charge in [-0.15, -0.1) is 0 Å². The summed E-state index contributed by atoms with van der Waals surface area (Å²) in [6.07, 6.45) is -0.613. The Morgan fingerprint density at radius 2 is 2.00 bits per heavy atom. The van der Waals surface area contributed by atoms with E-state index in [-0.39, 0.29) is 17.4 Å². The van der Waals surface area contributed by atoms with Crippen molar-refractivity contribution >= 4 is 27.1 Å². The molecule has 0 bridgehead atoms. The fourth-order valence-electron chi connectivity index (χ4n) is 3.46. The molecule has 1 aliphatic rings. The Bertz CT molecular complexity index is 1270. The highest BCUT2D eigenvalue weighted by atomic mass is 32.2. The molecule has 3 aromatic rings. The molecule has 168 valence electrons. The van der Waals surface area contributed by atoms with E-state index in [1.165, 1.54) is 12.3 Å². The van der Waals surface area contributed by atoms with Crippen LogP contribution < -0.4 is 5.32 Å². The number of hydrogen-bond donors (Lipinski definition) is 2. The molecule has 3 heterocycles. The van der Waals surface area contributed by atoms with Crippen LogP contribution in [0.2, 0.25) is 0 Å². The third kappa shape index (κ3) is 4.44. The van der Waals surface area contributed by atoms with Gasteiger partial charge < -0.3 is 15.2 Å². The number of alkyl halides is 3. The van der Waals surface area contributed by atoms with E-state index in [9.17, 15) is 26.4 Å². The Hall–Kier alpha value is -3.41. The molecule has 0 radical (unpaired) electrons. The number of nitrogens with zero attached hydrogens (tertiary/aromatic N) is 3. The molecule has 1 amide bonds. The third-order valence-corrected chi connectivity index (χ3v) is 5.92. The summed E-state index contributed by atoms with van der Waals surface area (Å²) in [4.78, 5) is 24.2. The topological polar surface area (TPSA) is 108 Å². The maximum atomic E-state index is 12.8. The van der Waals surface area contributed by atoms with Crippen molar-refractivity contribution in [1.29, 1.82) is 0 Å².